The molecule has 0 aliphatic rings. The van der Waals surface area contributed by atoms with Crippen molar-refractivity contribution in [3.8, 4) is 17.1 Å². The van der Waals surface area contributed by atoms with Crippen LogP contribution in [-0.4, -0.2) is 45.9 Å². The van der Waals surface area contributed by atoms with Gasteiger partial charge in [-0.25, -0.2) is 4.79 Å². The van der Waals surface area contributed by atoms with E-state index in [1.807, 2.05) is 0 Å². The number of esters is 1. The number of benzene rings is 1. The van der Waals surface area contributed by atoms with Crippen LogP contribution >= 0.6 is 34.9 Å². The van der Waals surface area contributed by atoms with Gasteiger partial charge in [-0.3, -0.25) is 4.79 Å². The van der Waals surface area contributed by atoms with Gasteiger partial charge in [0.1, 0.15) is 0 Å². The Morgan fingerprint density at radius 3 is 2.56 bits per heavy atom. The number of aromatic nitrogens is 2. The summed E-state index contributed by atoms with van der Waals surface area (Å²) in [6.07, 6.45) is -0.612. The zero-order valence-corrected chi connectivity index (χ0v) is 15.8. The molecule has 1 aromatic heterocycles. The van der Waals surface area contributed by atoms with Gasteiger partial charge in [0.15, 0.2) is 5.69 Å². The Bertz CT molecular complexity index is 749. The largest absolute Gasteiger partial charge is 0.466 e. The minimum Gasteiger partial charge on any atom is -0.466 e. The van der Waals surface area contributed by atoms with E-state index in [0.29, 0.717) is 22.2 Å². The molecule has 7 nitrogen and oxygen atoms in total. The lowest BCUT2D eigenvalue weighted by Crippen LogP contribution is -2.32. The average molecular weight is 404 g/mol. The fraction of sp³-hybridized carbons (Fsp3) is 0.333. The molecule has 1 aromatic carbocycles. The zero-order chi connectivity index (χ0) is 18.4. The molecule has 0 unspecified atom stereocenters. The first kappa shape index (κ1) is 19.4. The van der Waals surface area contributed by atoms with Gasteiger partial charge in [-0.2, -0.15) is 4.37 Å². The molecule has 0 spiro atoms. The molecule has 2 rings (SSSR count). The van der Waals surface area contributed by atoms with Crippen LogP contribution in [0.25, 0.3) is 11.3 Å². The quantitative estimate of drug-likeness (QED) is 0.680. The Balaban J connectivity index is 2.08. The van der Waals surface area contributed by atoms with Crippen molar-refractivity contribution in [2.75, 3.05) is 20.2 Å². The van der Waals surface area contributed by atoms with E-state index in [1.165, 1.54) is 11.9 Å². The summed E-state index contributed by atoms with van der Waals surface area (Å²) < 4.78 is 18.2. The highest BCUT2D eigenvalue weighted by Crippen LogP contribution is 2.38. The molecule has 0 N–H and O–H groups in total. The highest BCUT2D eigenvalue weighted by Gasteiger charge is 2.22. The van der Waals surface area contributed by atoms with E-state index < -0.39 is 6.09 Å². The molecule has 2 aromatic rings. The summed E-state index contributed by atoms with van der Waals surface area (Å²) in [4.78, 5) is 24.8. The number of nitrogens with zero attached hydrogens (tertiary/aromatic N) is 3. The lowest BCUT2D eigenvalue weighted by molar-refractivity contribution is -0.143. The van der Waals surface area contributed by atoms with Crippen LogP contribution in [0.15, 0.2) is 18.2 Å². The van der Waals surface area contributed by atoms with Gasteiger partial charge in [-0.1, -0.05) is 29.3 Å². The standard InChI is InChI=1S/C15H15Cl2N3O4S/c1-3-23-11(21)7-8-20(2)15(22)24-14-13(18-25-19-14)12-9(16)5-4-6-10(12)17/h4-6H,3,7-8H2,1-2H3. The van der Waals surface area contributed by atoms with Crippen LogP contribution in [0, 0.1) is 0 Å². The van der Waals surface area contributed by atoms with Crippen molar-refractivity contribution in [2.24, 2.45) is 0 Å². The normalized spacial score (nSPS) is 10.4. The summed E-state index contributed by atoms with van der Waals surface area (Å²) in [5, 5.41) is 0.737. The predicted molar refractivity (Wildman–Crippen MR) is 95.3 cm³/mol. The zero-order valence-electron chi connectivity index (χ0n) is 13.5. The molecule has 1 amide bonds. The van der Waals surface area contributed by atoms with Crippen LogP contribution in [0.5, 0.6) is 5.88 Å². The van der Waals surface area contributed by atoms with Gasteiger partial charge in [0.05, 0.1) is 34.8 Å². The van der Waals surface area contributed by atoms with Crippen LogP contribution in [0.1, 0.15) is 13.3 Å². The first-order valence-corrected chi connectivity index (χ1v) is 8.78. The number of hydrogen-bond acceptors (Lipinski definition) is 7. The second-order valence-corrected chi connectivity index (χ2v) is 6.20. The van der Waals surface area contributed by atoms with Crippen LogP contribution in [0.3, 0.4) is 0 Å². The van der Waals surface area contributed by atoms with E-state index in [0.717, 1.165) is 11.7 Å². The van der Waals surface area contributed by atoms with Gasteiger partial charge >= 0.3 is 12.1 Å². The summed E-state index contributed by atoms with van der Waals surface area (Å²) in [7, 11) is 1.50. The summed E-state index contributed by atoms with van der Waals surface area (Å²) in [6.45, 7) is 2.16. The van der Waals surface area contributed by atoms with Crippen molar-refractivity contribution in [3.05, 3.63) is 28.2 Å². The van der Waals surface area contributed by atoms with E-state index in [1.54, 1.807) is 25.1 Å². The maximum Gasteiger partial charge on any atom is 0.416 e. The molecule has 0 radical (unpaired) electrons. The van der Waals surface area contributed by atoms with E-state index in [9.17, 15) is 9.59 Å². The van der Waals surface area contributed by atoms with Crippen LogP contribution in [-0.2, 0) is 9.53 Å². The van der Waals surface area contributed by atoms with Gasteiger partial charge in [-0.05, 0) is 19.1 Å². The Hall–Kier alpha value is -1.90. The topological polar surface area (TPSA) is 81.6 Å². The number of carbonyl (C=O) groups is 2. The summed E-state index contributed by atoms with van der Waals surface area (Å²) in [5.74, 6) is -0.381. The van der Waals surface area contributed by atoms with Gasteiger partial charge in [0.25, 0.3) is 5.88 Å². The Labute approximate surface area is 158 Å². The molecule has 0 saturated heterocycles. The molecule has 1 heterocycles. The molecule has 10 heteroatoms. The van der Waals surface area contributed by atoms with Crippen LogP contribution < -0.4 is 4.74 Å². The smallest absolute Gasteiger partial charge is 0.416 e. The molecule has 25 heavy (non-hydrogen) atoms. The van der Waals surface area contributed by atoms with Gasteiger partial charge in [0, 0.05) is 19.2 Å². The van der Waals surface area contributed by atoms with Gasteiger partial charge in [0.2, 0.25) is 0 Å². The lowest BCUT2D eigenvalue weighted by Gasteiger charge is -2.15. The third-order valence-corrected chi connectivity index (χ3v) is 4.25. The van der Waals surface area contributed by atoms with Crippen molar-refractivity contribution >= 4 is 47.0 Å². The van der Waals surface area contributed by atoms with Gasteiger partial charge in [-0.15, -0.1) is 4.37 Å². The van der Waals surface area contributed by atoms with Crippen LogP contribution in [0.4, 0.5) is 4.79 Å². The molecule has 0 bridgehead atoms. The maximum absolute atomic E-state index is 12.2. The van der Waals surface area contributed by atoms with Crippen molar-refractivity contribution < 1.29 is 19.1 Å². The maximum atomic E-state index is 12.2. The van der Waals surface area contributed by atoms with Crippen molar-refractivity contribution in [2.45, 2.75) is 13.3 Å². The third-order valence-electron chi connectivity index (χ3n) is 3.11. The van der Waals surface area contributed by atoms with Crippen molar-refractivity contribution in [3.63, 3.8) is 0 Å². The SMILES string of the molecule is CCOC(=O)CCN(C)C(=O)Oc1nsnc1-c1c(Cl)cccc1Cl. The molecular weight excluding hydrogens is 389 g/mol. The highest BCUT2D eigenvalue weighted by molar-refractivity contribution is 6.99. The number of ether oxygens (including phenoxy) is 2. The summed E-state index contributed by atoms with van der Waals surface area (Å²) >= 11 is 13.2. The van der Waals surface area contributed by atoms with E-state index in [-0.39, 0.29) is 30.5 Å². The van der Waals surface area contributed by atoms with Crippen LogP contribution in [0.2, 0.25) is 10.0 Å². The Kier molecular flexibility index (Phi) is 6.98. The third kappa shape index (κ3) is 5.04. The van der Waals surface area contributed by atoms with E-state index in [4.69, 9.17) is 32.7 Å². The average Bonchev–Trinajstić information content (AvgIpc) is 3.00. The minimum atomic E-state index is -0.679. The first-order chi connectivity index (χ1) is 11.9. The Morgan fingerprint density at radius 1 is 1.24 bits per heavy atom. The number of rotatable bonds is 6. The summed E-state index contributed by atoms with van der Waals surface area (Å²) in [5.41, 5.74) is 0.726. The predicted octanol–water partition coefficient (Wildman–Crippen LogP) is 3.90. The first-order valence-electron chi connectivity index (χ1n) is 7.29. The monoisotopic (exact) mass is 403 g/mol. The lowest BCUT2D eigenvalue weighted by atomic mass is 10.1. The van der Waals surface area contributed by atoms with Crippen molar-refractivity contribution in [1.29, 1.82) is 0 Å². The second kappa shape index (κ2) is 8.98. The fourth-order valence-electron chi connectivity index (χ4n) is 1.87. The molecule has 0 aliphatic heterocycles. The molecule has 0 aliphatic carbocycles. The molecule has 0 saturated carbocycles. The molecule has 0 fully saturated rings. The fourth-order valence-corrected chi connectivity index (χ4v) is 2.93. The number of carbonyl (C=O) groups excluding carboxylic acids is 2. The number of halogens is 2. The number of hydrogen-bond donors (Lipinski definition) is 0. The Morgan fingerprint density at radius 2 is 1.92 bits per heavy atom. The second-order valence-electron chi connectivity index (χ2n) is 4.86. The van der Waals surface area contributed by atoms with E-state index >= 15 is 0 Å². The van der Waals surface area contributed by atoms with E-state index in [2.05, 4.69) is 8.75 Å². The highest BCUT2D eigenvalue weighted by atomic mass is 35.5. The van der Waals surface area contributed by atoms with Crippen molar-refractivity contribution in [1.82, 2.24) is 13.6 Å². The minimum absolute atomic E-state index is 0.00739. The van der Waals surface area contributed by atoms with Gasteiger partial charge < -0.3 is 14.4 Å². The summed E-state index contributed by atoms with van der Waals surface area (Å²) in [6, 6.07) is 5.00. The molecular formula is C15H15Cl2N3O4S. The molecule has 0 atom stereocenters. The number of amides is 1. The molecule has 134 valence electrons.